The number of H-pyrrole nitrogens is 2. The summed E-state index contributed by atoms with van der Waals surface area (Å²) >= 11 is 0. The molecule has 6 nitrogen and oxygen atoms in total. The lowest BCUT2D eigenvalue weighted by atomic mass is 10.3. The molecule has 2 heterocycles. The van der Waals surface area contributed by atoms with Crippen molar-refractivity contribution in [1.82, 2.24) is 9.97 Å². The van der Waals surface area contributed by atoms with Crippen molar-refractivity contribution in [3.63, 3.8) is 0 Å². The van der Waals surface area contributed by atoms with Crippen LogP contribution >= 0.6 is 0 Å². The van der Waals surface area contributed by atoms with Crippen LogP contribution in [0.1, 0.15) is 11.1 Å². The van der Waals surface area contributed by atoms with E-state index in [-0.39, 0.29) is 10.9 Å². The van der Waals surface area contributed by atoms with Gasteiger partial charge in [-0.3, -0.25) is 19.6 Å². The summed E-state index contributed by atoms with van der Waals surface area (Å²) < 4.78 is 0. The van der Waals surface area contributed by atoms with Gasteiger partial charge in [0.2, 0.25) is 0 Å². The van der Waals surface area contributed by atoms with Crippen LogP contribution in [0.4, 0.5) is 0 Å². The van der Waals surface area contributed by atoms with E-state index < -0.39 is 0 Å². The van der Waals surface area contributed by atoms with Gasteiger partial charge in [0.15, 0.2) is 10.9 Å². The molecule has 0 aliphatic heterocycles. The van der Waals surface area contributed by atoms with E-state index in [0.717, 1.165) is 0 Å². The number of hydrogen-bond acceptors (Lipinski definition) is 4. The third kappa shape index (κ3) is 3.88. The number of rotatable bonds is 5. The first-order valence-electron chi connectivity index (χ1n) is 6.11. The lowest BCUT2D eigenvalue weighted by molar-refractivity contribution is 0.984. The van der Waals surface area contributed by atoms with Crippen molar-refractivity contribution in [2.24, 2.45) is 9.98 Å². The first-order valence-corrected chi connectivity index (χ1v) is 6.11. The fraction of sp³-hybridized carbons (Fsp3) is 0.143. The van der Waals surface area contributed by atoms with Gasteiger partial charge >= 0.3 is 0 Å². The van der Waals surface area contributed by atoms with E-state index in [1.54, 1.807) is 24.8 Å². The van der Waals surface area contributed by atoms with Gasteiger partial charge in [0, 0.05) is 49.3 Å². The minimum absolute atomic E-state index is 0.0770. The van der Waals surface area contributed by atoms with Crippen molar-refractivity contribution in [3.8, 4) is 0 Å². The first-order chi connectivity index (χ1) is 9.77. The highest BCUT2D eigenvalue weighted by molar-refractivity contribution is 5.79. The number of hydrogen-bond donors (Lipinski definition) is 2. The summed E-state index contributed by atoms with van der Waals surface area (Å²) in [7, 11) is 0. The summed E-state index contributed by atoms with van der Waals surface area (Å²) in [5.41, 5.74) is 0.866. The van der Waals surface area contributed by atoms with Gasteiger partial charge in [-0.1, -0.05) is 0 Å². The maximum absolute atomic E-state index is 11.4. The molecule has 0 unspecified atom stereocenters. The molecule has 2 N–H and O–H groups in total. The van der Waals surface area contributed by atoms with Crippen LogP contribution in [0, 0.1) is 0 Å². The number of aliphatic imine (C=N–C) groups is 2. The van der Waals surface area contributed by atoms with Crippen LogP contribution in [0.2, 0.25) is 0 Å². The SMILES string of the molecule is O=c1cc[nH]cc1C=NCCN=Cc1c[nH]ccc1=O. The fourth-order valence-electron chi connectivity index (χ4n) is 1.50. The van der Waals surface area contributed by atoms with Crippen LogP contribution < -0.4 is 10.9 Å². The predicted molar refractivity (Wildman–Crippen MR) is 79.0 cm³/mol. The molecule has 0 spiro atoms. The van der Waals surface area contributed by atoms with Gasteiger partial charge in [-0.15, -0.1) is 0 Å². The standard InChI is InChI=1S/C14H14N4O2/c19-13-1-3-15-7-11(13)9-17-5-6-18-10-12-8-16-4-2-14(12)20/h1-4,7-10H,5-6H2,(H,15,19)(H,16,20). The quantitative estimate of drug-likeness (QED) is 0.615. The molecule has 0 atom stereocenters. The molecule has 0 radical (unpaired) electrons. The van der Waals surface area contributed by atoms with Gasteiger partial charge in [-0.2, -0.15) is 0 Å². The summed E-state index contributed by atoms with van der Waals surface area (Å²) in [6, 6.07) is 2.89. The normalized spacial score (nSPS) is 11.4. The Hall–Kier alpha value is -2.76. The van der Waals surface area contributed by atoms with Crippen molar-refractivity contribution >= 4 is 12.4 Å². The van der Waals surface area contributed by atoms with Gasteiger partial charge in [0.05, 0.1) is 24.2 Å². The zero-order valence-electron chi connectivity index (χ0n) is 10.7. The van der Waals surface area contributed by atoms with E-state index in [1.165, 1.54) is 24.6 Å². The minimum atomic E-state index is -0.0770. The Balaban J connectivity index is 1.86. The van der Waals surface area contributed by atoms with Gasteiger partial charge in [-0.25, -0.2) is 0 Å². The van der Waals surface area contributed by atoms with E-state index in [1.807, 2.05) is 0 Å². The van der Waals surface area contributed by atoms with E-state index in [9.17, 15) is 9.59 Å². The van der Waals surface area contributed by atoms with Crippen LogP contribution in [-0.2, 0) is 0 Å². The molecule has 6 heteroatoms. The molecule has 0 aromatic carbocycles. The minimum Gasteiger partial charge on any atom is -0.367 e. The van der Waals surface area contributed by atoms with Crippen molar-refractivity contribution in [3.05, 3.63) is 68.5 Å². The van der Waals surface area contributed by atoms with E-state index in [0.29, 0.717) is 24.2 Å². The Morgan fingerprint density at radius 2 is 1.30 bits per heavy atom. The van der Waals surface area contributed by atoms with Crippen LogP contribution in [0.15, 0.2) is 56.5 Å². The largest absolute Gasteiger partial charge is 0.367 e. The molecule has 2 aromatic heterocycles. The average molecular weight is 270 g/mol. The summed E-state index contributed by atoms with van der Waals surface area (Å²) in [4.78, 5) is 36.6. The molecule has 0 aliphatic rings. The lowest BCUT2D eigenvalue weighted by Crippen LogP contribution is -2.07. The fourth-order valence-corrected chi connectivity index (χ4v) is 1.50. The maximum atomic E-state index is 11.4. The van der Waals surface area contributed by atoms with Gasteiger partial charge in [0.1, 0.15) is 0 Å². The molecule has 0 fully saturated rings. The highest BCUT2D eigenvalue weighted by Gasteiger charge is 1.93. The molecule has 0 saturated carbocycles. The zero-order chi connectivity index (χ0) is 14.2. The molecular formula is C14H14N4O2. The summed E-state index contributed by atoms with van der Waals surface area (Å²) in [6.07, 6.45) is 9.37. The Labute approximate surface area is 115 Å². The van der Waals surface area contributed by atoms with E-state index in [4.69, 9.17) is 0 Å². The van der Waals surface area contributed by atoms with Crippen molar-refractivity contribution < 1.29 is 0 Å². The smallest absolute Gasteiger partial charge is 0.190 e. The molecule has 2 rings (SSSR count). The molecule has 20 heavy (non-hydrogen) atoms. The highest BCUT2D eigenvalue weighted by atomic mass is 16.1. The Kier molecular flexibility index (Phi) is 4.77. The first kappa shape index (κ1) is 13.7. The van der Waals surface area contributed by atoms with Crippen LogP contribution in [-0.4, -0.2) is 35.5 Å². The molecular weight excluding hydrogens is 256 g/mol. The topological polar surface area (TPSA) is 90.4 Å². The molecule has 0 bridgehead atoms. The van der Waals surface area contributed by atoms with Crippen molar-refractivity contribution in [1.29, 1.82) is 0 Å². The predicted octanol–water partition coefficient (Wildman–Crippen LogP) is 0.601. The Morgan fingerprint density at radius 3 is 1.70 bits per heavy atom. The maximum Gasteiger partial charge on any atom is 0.190 e. The lowest BCUT2D eigenvalue weighted by Gasteiger charge is -1.92. The summed E-state index contributed by atoms with van der Waals surface area (Å²) in [5, 5.41) is 0. The Bertz CT molecular complexity index is 664. The highest BCUT2D eigenvalue weighted by Crippen LogP contribution is 1.85. The number of aromatic amines is 2. The third-order valence-corrected chi connectivity index (χ3v) is 2.53. The average Bonchev–Trinajstić information content (AvgIpc) is 2.46. The van der Waals surface area contributed by atoms with Crippen molar-refractivity contribution in [2.75, 3.05) is 13.1 Å². The third-order valence-electron chi connectivity index (χ3n) is 2.53. The second-order valence-electron chi connectivity index (χ2n) is 4.00. The monoisotopic (exact) mass is 270 g/mol. The van der Waals surface area contributed by atoms with Crippen molar-refractivity contribution in [2.45, 2.75) is 0 Å². The van der Waals surface area contributed by atoms with Gasteiger partial charge < -0.3 is 9.97 Å². The second-order valence-corrected chi connectivity index (χ2v) is 4.00. The zero-order valence-corrected chi connectivity index (χ0v) is 10.7. The van der Waals surface area contributed by atoms with Crippen LogP contribution in [0.5, 0.6) is 0 Å². The van der Waals surface area contributed by atoms with Gasteiger partial charge in [0.25, 0.3) is 0 Å². The number of pyridine rings is 2. The molecule has 0 aliphatic carbocycles. The number of nitrogens with one attached hydrogen (secondary N) is 2. The summed E-state index contributed by atoms with van der Waals surface area (Å²) in [5.74, 6) is 0. The molecule has 0 saturated heterocycles. The number of nitrogens with zero attached hydrogens (tertiary/aromatic N) is 2. The molecule has 2 aromatic rings. The van der Waals surface area contributed by atoms with Crippen LogP contribution in [0.3, 0.4) is 0 Å². The van der Waals surface area contributed by atoms with Gasteiger partial charge in [-0.05, 0) is 0 Å². The Morgan fingerprint density at radius 1 is 0.850 bits per heavy atom. The molecule has 0 amide bonds. The van der Waals surface area contributed by atoms with E-state index >= 15 is 0 Å². The molecule has 102 valence electrons. The number of aromatic nitrogens is 2. The summed E-state index contributed by atoms with van der Waals surface area (Å²) in [6.45, 7) is 0.908. The van der Waals surface area contributed by atoms with Crippen LogP contribution in [0.25, 0.3) is 0 Å². The second kappa shape index (κ2) is 6.98. The van der Waals surface area contributed by atoms with E-state index in [2.05, 4.69) is 20.0 Å².